The normalized spacial score (nSPS) is 36.7. The second-order valence-electron chi connectivity index (χ2n) is 8.43. The highest BCUT2D eigenvalue weighted by molar-refractivity contribution is 5.77. The molecular formula is C22H32O4. The van der Waals surface area contributed by atoms with Crippen molar-refractivity contribution in [3.63, 3.8) is 0 Å². The highest BCUT2D eigenvalue weighted by Gasteiger charge is 2.62. The number of rotatable bonds is 6. The molecule has 0 aromatic rings. The largest absolute Gasteiger partial charge is 0.481 e. The Labute approximate surface area is 157 Å². The van der Waals surface area contributed by atoms with Gasteiger partial charge in [-0.3, -0.25) is 9.59 Å². The van der Waals surface area contributed by atoms with E-state index in [1.165, 1.54) is 12.5 Å². The lowest BCUT2D eigenvalue weighted by atomic mass is 9.46. The fourth-order valence-corrected chi connectivity index (χ4v) is 5.48. The van der Waals surface area contributed by atoms with Gasteiger partial charge in [0, 0.05) is 6.92 Å². The maximum atomic E-state index is 12.3. The molecule has 5 atom stereocenters. The molecule has 2 aliphatic rings. The SMILES string of the molecule is C=CC(=C)CCC1C(=C)CCC2[C@]1(C)CC[C@@H](OC(C)=O)[C@]2(C)C(=O)O. The lowest BCUT2D eigenvalue weighted by molar-refractivity contribution is -0.194. The third kappa shape index (κ3) is 3.38. The van der Waals surface area contributed by atoms with E-state index in [2.05, 4.69) is 26.7 Å². The maximum Gasteiger partial charge on any atom is 0.313 e. The lowest BCUT2D eigenvalue weighted by Crippen LogP contribution is -2.60. The second-order valence-corrected chi connectivity index (χ2v) is 8.43. The zero-order valence-electron chi connectivity index (χ0n) is 16.3. The van der Waals surface area contributed by atoms with Gasteiger partial charge in [-0.25, -0.2) is 0 Å². The predicted octanol–water partition coefficient (Wildman–Crippen LogP) is 4.91. The summed E-state index contributed by atoms with van der Waals surface area (Å²) in [4.78, 5) is 23.9. The van der Waals surface area contributed by atoms with Crippen molar-refractivity contribution in [3.05, 3.63) is 37.0 Å². The Morgan fingerprint density at radius 1 is 1.35 bits per heavy atom. The first-order chi connectivity index (χ1) is 12.1. The Kier molecular flexibility index (Phi) is 5.84. The fraction of sp³-hybridized carbons (Fsp3) is 0.636. The van der Waals surface area contributed by atoms with Crippen molar-refractivity contribution in [1.29, 1.82) is 0 Å². The molecule has 0 spiro atoms. The molecule has 0 saturated heterocycles. The summed E-state index contributed by atoms with van der Waals surface area (Å²) in [6.07, 6.45) is 5.95. The van der Waals surface area contributed by atoms with E-state index in [1.807, 2.05) is 0 Å². The van der Waals surface area contributed by atoms with Crippen LogP contribution in [-0.4, -0.2) is 23.1 Å². The van der Waals surface area contributed by atoms with Crippen LogP contribution in [0, 0.1) is 22.7 Å². The number of carboxylic acids is 1. The van der Waals surface area contributed by atoms with Gasteiger partial charge in [0.1, 0.15) is 11.5 Å². The van der Waals surface area contributed by atoms with E-state index in [1.54, 1.807) is 13.0 Å². The number of ether oxygens (including phenoxy) is 1. The molecule has 2 unspecified atom stereocenters. The summed E-state index contributed by atoms with van der Waals surface area (Å²) < 4.78 is 5.47. The van der Waals surface area contributed by atoms with Gasteiger partial charge in [0.2, 0.25) is 0 Å². The van der Waals surface area contributed by atoms with Crippen molar-refractivity contribution in [2.75, 3.05) is 0 Å². The molecule has 4 heteroatoms. The van der Waals surface area contributed by atoms with Crippen molar-refractivity contribution >= 4 is 11.9 Å². The molecule has 4 nitrogen and oxygen atoms in total. The van der Waals surface area contributed by atoms with E-state index in [0.717, 1.165) is 37.7 Å². The number of carbonyl (C=O) groups is 2. The first-order valence-electron chi connectivity index (χ1n) is 9.45. The van der Waals surface area contributed by atoms with Crippen LogP contribution in [0.25, 0.3) is 0 Å². The van der Waals surface area contributed by atoms with Crippen LogP contribution in [0.5, 0.6) is 0 Å². The van der Waals surface area contributed by atoms with Gasteiger partial charge in [0.25, 0.3) is 0 Å². The number of hydrogen-bond acceptors (Lipinski definition) is 3. The Morgan fingerprint density at radius 3 is 2.54 bits per heavy atom. The van der Waals surface area contributed by atoms with E-state index >= 15 is 0 Å². The number of allylic oxidation sites excluding steroid dienone is 3. The first-order valence-corrected chi connectivity index (χ1v) is 9.45. The van der Waals surface area contributed by atoms with E-state index < -0.39 is 23.5 Å². The van der Waals surface area contributed by atoms with Crippen LogP contribution in [0.4, 0.5) is 0 Å². The smallest absolute Gasteiger partial charge is 0.313 e. The number of fused-ring (bicyclic) bond motifs is 1. The summed E-state index contributed by atoms with van der Waals surface area (Å²) in [5, 5.41) is 10.1. The monoisotopic (exact) mass is 360 g/mol. The van der Waals surface area contributed by atoms with Crippen LogP contribution < -0.4 is 0 Å². The number of carbonyl (C=O) groups excluding carboxylic acids is 1. The van der Waals surface area contributed by atoms with Gasteiger partial charge in [-0.1, -0.05) is 43.9 Å². The molecule has 144 valence electrons. The number of hydrogen-bond donors (Lipinski definition) is 1. The summed E-state index contributed by atoms with van der Waals surface area (Å²) in [7, 11) is 0. The highest BCUT2D eigenvalue weighted by Crippen LogP contribution is 2.62. The first kappa shape index (κ1) is 20.5. The summed E-state index contributed by atoms with van der Waals surface area (Å²) in [5.41, 5.74) is 0.964. The van der Waals surface area contributed by atoms with Crippen molar-refractivity contribution in [3.8, 4) is 0 Å². The van der Waals surface area contributed by atoms with Crippen molar-refractivity contribution < 1.29 is 19.4 Å². The van der Waals surface area contributed by atoms with Gasteiger partial charge in [0.05, 0.1) is 0 Å². The van der Waals surface area contributed by atoms with Gasteiger partial charge >= 0.3 is 11.9 Å². The van der Waals surface area contributed by atoms with Crippen molar-refractivity contribution in [1.82, 2.24) is 0 Å². The molecule has 2 rings (SSSR count). The molecule has 2 aliphatic carbocycles. The van der Waals surface area contributed by atoms with Crippen LogP contribution in [-0.2, 0) is 14.3 Å². The van der Waals surface area contributed by atoms with E-state index in [0.29, 0.717) is 6.42 Å². The minimum atomic E-state index is -1.08. The van der Waals surface area contributed by atoms with Gasteiger partial charge in [0.15, 0.2) is 0 Å². The predicted molar refractivity (Wildman–Crippen MR) is 103 cm³/mol. The fourth-order valence-electron chi connectivity index (χ4n) is 5.48. The summed E-state index contributed by atoms with van der Waals surface area (Å²) in [5.74, 6) is -1.10. The molecule has 0 radical (unpaired) electrons. The Hall–Kier alpha value is -1.84. The second kappa shape index (κ2) is 7.42. The molecule has 0 amide bonds. The summed E-state index contributed by atoms with van der Waals surface area (Å²) in [6, 6.07) is 0. The Bertz CT molecular complexity index is 634. The molecule has 0 heterocycles. The van der Waals surface area contributed by atoms with Crippen LogP contribution in [0.2, 0.25) is 0 Å². The molecule has 2 saturated carbocycles. The van der Waals surface area contributed by atoms with E-state index in [9.17, 15) is 14.7 Å². The van der Waals surface area contributed by atoms with Crippen LogP contribution in [0.15, 0.2) is 37.0 Å². The third-order valence-corrected chi connectivity index (χ3v) is 6.99. The van der Waals surface area contributed by atoms with Gasteiger partial charge in [-0.15, -0.1) is 0 Å². The lowest BCUT2D eigenvalue weighted by Gasteiger charge is -2.59. The molecule has 0 aromatic carbocycles. The minimum absolute atomic E-state index is 0.0573. The zero-order valence-corrected chi connectivity index (χ0v) is 16.3. The molecule has 1 N–H and O–H groups in total. The standard InChI is InChI=1S/C22H32O4/c1-7-14(2)8-10-17-15(3)9-11-18-21(17,5)13-12-19(26-16(4)23)22(18,6)20(24)25/h7,17-19H,1-3,8-13H2,4-6H3,(H,24,25)/t17?,18?,19-,21-,22-/m1/s1. The Balaban J connectivity index is 2.39. The zero-order chi connectivity index (χ0) is 19.7. The van der Waals surface area contributed by atoms with Crippen LogP contribution >= 0.6 is 0 Å². The molecular weight excluding hydrogens is 328 g/mol. The molecule has 26 heavy (non-hydrogen) atoms. The van der Waals surface area contributed by atoms with E-state index in [-0.39, 0.29) is 17.3 Å². The van der Waals surface area contributed by atoms with Crippen molar-refractivity contribution in [2.24, 2.45) is 22.7 Å². The molecule has 0 aliphatic heterocycles. The van der Waals surface area contributed by atoms with Gasteiger partial charge in [-0.05, 0) is 62.7 Å². The van der Waals surface area contributed by atoms with Crippen LogP contribution in [0.3, 0.4) is 0 Å². The number of esters is 1. The summed E-state index contributed by atoms with van der Waals surface area (Å²) >= 11 is 0. The molecule has 0 bridgehead atoms. The number of carboxylic acid groups (broad SMARTS) is 1. The minimum Gasteiger partial charge on any atom is -0.481 e. The van der Waals surface area contributed by atoms with E-state index in [4.69, 9.17) is 4.74 Å². The van der Waals surface area contributed by atoms with Gasteiger partial charge in [-0.2, -0.15) is 0 Å². The number of aliphatic carboxylic acids is 1. The van der Waals surface area contributed by atoms with Crippen molar-refractivity contribution in [2.45, 2.75) is 65.4 Å². The summed E-state index contributed by atoms with van der Waals surface area (Å²) in [6.45, 7) is 17.4. The average Bonchev–Trinajstić information content (AvgIpc) is 2.56. The maximum absolute atomic E-state index is 12.3. The molecule has 0 aromatic heterocycles. The Morgan fingerprint density at radius 2 is 2.00 bits per heavy atom. The average molecular weight is 360 g/mol. The quantitative estimate of drug-likeness (QED) is 0.415. The molecule has 2 fully saturated rings. The van der Waals surface area contributed by atoms with Crippen LogP contribution in [0.1, 0.15) is 59.3 Å². The topological polar surface area (TPSA) is 63.6 Å². The third-order valence-electron chi connectivity index (χ3n) is 6.99. The highest BCUT2D eigenvalue weighted by atomic mass is 16.5. The van der Waals surface area contributed by atoms with Gasteiger partial charge < -0.3 is 9.84 Å².